The summed E-state index contributed by atoms with van der Waals surface area (Å²) >= 11 is 0. The zero-order chi connectivity index (χ0) is 11.1. The number of rotatable bonds is 4. The zero-order valence-corrected chi connectivity index (χ0v) is 10.8. The van der Waals surface area contributed by atoms with Gasteiger partial charge in [0, 0.05) is 22.3 Å². The molecule has 0 spiro atoms. The van der Waals surface area contributed by atoms with Gasteiger partial charge in [0.05, 0.1) is 0 Å². The van der Waals surface area contributed by atoms with Gasteiger partial charge in [-0.15, -0.1) is 0 Å². The van der Waals surface area contributed by atoms with Gasteiger partial charge in [0.1, 0.15) is 0 Å². The first-order valence-corrected chi connectivity index (χ1v) is 7.57. The summed E-state index contributed by atoms with van der Waals surface area (Å²) in [5.41, 5.74) is 0. The standard InChI is InChI=1S/C11H24N2OS/c1-11(15(2)14)5-10-13-8-3-6-12-7-4-9-13/h11-12H,3-10H2,1-2H3. The molecule has 1 aliphatic rings. The van der Waals surface area contributed by atoms with E-state index in [4.69, 9.17) is 0 Å². The highest BCUT2D eigenvalue weighted by Gasteiger charge is 2.11. The van der Waals surface area contributed by atoms with Crippen LogP contribution in [0.5, 0.6) is 0 Å². The van der Waals surface area contributed by atoms with E-state index in [0.29, 0.717) is 5.25 Å². The summed E-state index contributed by atoms with van der Waals surface area (Å²) in [4.78, 5) is 2.52. The summed E-state index contributed by atoms with van der Waals surface area (Å²) in [5.74, 6) is 0. The smallest absolute Gasteiger partial charge is 0.0329 e. The van der Waals surface area contributed by atoms with E-state index in [-0.39, 0.29) is 0 Å². The van der Waals surface area contributed by atoms with Crippen molar-refractivity contribution in [3.05, 3.63) is 0 Å². The number of nitrogens with zero attached hydrogens (tertiary/aromatic N) is 1. The molecule has 2 unspecified atom stereocenters. The largest absolute Gasteiger partial charge is 0.317 e. The maximum absolute atomic E-state index is 11.2. The van der Waals surface area contributed by atoms with Gasteiger partial charge in [0.25, 0.3) is 0 Å². The summed E-state index contributed by atoms with van der Waals surface area (Å²) < 4.78 is 11.2. The Labute approximate surface area is 96.1 Å². The molecule has 1 rings (SSSR count). The van der Waals surface area contributed by atoms with Crippen LogP contribution >= 0.6 is 0 Å². The molecule has 4 heteroatoms. The van der Waals surface area contributed by atoms with E-state index in [1.165, 1.54) is 25.9 Å². The molecule has 1 N–H and O–H groups in total. The van der Waals surface area contributed by atoms with Gasteiger partial charge < -0.3 is 10.2 Å². The fraction of sp³-hybridized carbons (Fsp3) is 1.00. The van der Waals surface area contributed by atoms with Crippen LogP contribution in [0.3, 0.4) is 0 Å². The first-order valence-electron chi connectivity index (χ1n) is 5.95. The predicted octanol–water partition coefficient (Wildman–Crippen LogP) is 0.829. The molecular formula is C11H24N2OS. The first kappa shape index (κ1) is 13.1. The lowest BCUT2D eigenvalue weighted by Gasteiger charge is -2.25. The molecule has 90 valence electrons. The van der Waals surface area contributed by atoms with E-state index < -0.39 is 10.8 Å². The molecule has 0 saturated carbocycles. The monoisotopic (exact) mass is 232 g/mol. The van der Waals surface area contributed by atoms with E-state index in [1.54, 1.807) is 0 Å². The Morgan fingerprint density at radius 2 is 1.93 bits per heavy atom. The minimum absolute atomic E-state index is 0.341. The van der Waals surface area contributed by atoms with Gasteiger partial charge in [0.2, 0.25) is 0 Å². The normalized spacial score (nSPS) is 24.1. The third-order valence-electron chi connectivity index (χ3n) is 3.07. The molecule has 1 fully saturated rings. The second-order valence-electron chi connectivity index (χ2n) is 4.40. The highest BCUT2D eigenvalue weighted by Crippen LogP contribution is 2.04. The average Bonchev–Trinajstić information content (AvgIpc) is 2.15. The summed E-state index contributed by atoms with van der Waals surface area (Å²) in [6.07, 6.45) is 5.35. The zero-order valence-electron chi connectivity index (χ0n) is 10.00. The van der Waals surface area contributed by atoms with Gasteiger partial charge in [-0.2, -0.15) is 0 Å². The van der Waals surface area contributed by atoms with Crippen molar-refractivity contribution in [1.29, 1.82) is 0 Å². The average molecular weight is 232 g/mol. The summed E-state index contributed by atoms with van der Waals surface area (Å²) in [6, 6.07) is 0. The lowest BCUT2D eigenvalue weighted by atomic mass is 10.2. The number of hydrogen-bond acceptors (Lipinski definition) is 3. The maximum atomic E-state index is 11.2. The van der Waals surface area contributed by atoms with Crippen LogP contribution in [-0.4, -0.2) is 53.3 Å². The fourth-order valence-electron chi connectivity index (χ4n) is 1.85. The highest BCUT2D eigenvalue weighted by atomic mass is 32.2. The second-order valence-corrected chi connectivity index (χ2v) is 6.20. The Bertz CT molecular complexity index is 191. The molecule has 0 aromatic rings. The van der Waals surface area contributed by atoms with Crippen molar-refractivity contribution in [3.63, 3.8) is 0 Å². The van der Waals surface area contributed by atoms with Crippen LogP contribution in [0, 0.1) is 0 Å². The van der Waals surface area contributed by atoms with Crippen LogP contribution in [-0.2, 0) is 10.8 Å². The Morgan fingerprint density at radius 3 is 2.47 bits per heavy atom. The molecule has 0 amide bonds. The second kappa shape index (κ2) is 7.36. The summed E-state index contributed by atoms with van der Waals surface area (Å²) in [7, 11) is -0.661. The minimum Gasteiger partial charge on any atom is -0.317 e. The molecule has 0 aromatic heterocycles. The SMILES string of the molecule is CC(CCN1CCCNCCC1)S(C)=O. The topological polar surface area (TPSA) is 32.3 Å². The summed E-state index contributed by atoms with van der Waals surface area (Å²) in [5, 5.41) is 3.76. The molecule has 0 aromatic carbocycles. The fourth-order valence-corrected chi connectivity index (χ4v) is 2.28. The minimum atomic E-state index is -0.661. The quantitative estimate of drug-likeness (QED) is 0.779. The van der Waals surface area contributed by atoms with Crippen LogP contribution < -0.4 is 5.32 Å². The van der Waals surface area contributed by atoms with Crippen LogP contribution in [0.1, 0.15) is 26.2 Å². The highest BCUT2D eigenvalue weighted by molar-refractivity contribution is 7.84. The molecule has 0 radical (unpaired) electrons. The van der Waals surface area contributed by atoms with E-state index in [9.17, 15) is 4.21 Å². The van der Waals surface area contributed by atoms with Crippen LogP contribution in [0.2, 0.25) is 0 Å². The molecule has 1 heterocycles. The summed E-state index contributed by atoms with van der Waals surface area (Å²) in [6.45, 7) is 7.87. The lowest BCUT2D eigenvalue weighted by molar-refractivity contribution is 0.250. The molecule has 2 atom stereocenters. The molecule has 1 saturated heterocycles. The van der Waals surface area contributed by atoms with Crippen molar-refractivity contribution in [2.45, 2.75) is 31.4 Å². The van der Waals surface area contributed by atoms with Gasteiger partial charge in [-0.05, 0) is 52.0 Å². The third-order valence-corrected chi connectivity index (χ3v) is 4.44. The van der Waals surface area contributed by atoms with Crippen molar-refractivity contribution in [3.8, 4) is 0 Å². The molecule has 15 heavy (non-hydrogen) atoms. The van der Waals surface area contributed by atoms with E-state index in [0.717, 1.165) is 26.1 Å². The van der Waals surface area contributed by atoms with Gasteiger partial charge in [-0.25, -0.2) is 0 Å². The Morgan fingerprint density at radius 1 is 1.33 bits per heavy atom. The Hall–Kier alpha value is 0.0700. The van der Waals surface area contributed by atoms with Crippen LogP contribution in [0.4, 0.5) is 0 Å². The third kappa shape index (κ3) is 5.64. The van der Waals surface area contributed by atoms with Gasteiger partial charge in [-0.1, -0.05) is 6.92 Å². The Kier molecular flexibility index (Phi) is 6.45. The maximum Gasteiger partial charge on any atom is 0.0329 e. The van der Waals surface area contributed by atoms with Crippen molar-refractivity contribution >= 4 is 10.8 Å². The van der Waals surface area contributed by atoms with E-state index >= 15 is 0 Å². The molecule has 0 bridgehead atoms. The van der Waals surface area contributed by atoms with Gasteiger partial charge in [-0.3, -0.25) is 4.21 Å². The van der Waals surface area contributed by atoms with Crippen molar-refractivity contribution < 1.29 is 4.21 Å². The van der Waals surface area contributed by atoms with Crippen molar-refractivity contribution in [2.24, 2.45) is 0 Å². The molecular weight excluding hydrogens is 208 g/mol. The Balaban J connectivity index is 2.20. The van der Waals surface area contributed by atoms with E-state index in [2.05, 4.69) is 17.1 Å². The van der Waals surface area contributed by atoms with Crippen LogP contribution in [0.25, 0.3) is 0 Å². The van der Waals surface area contributed by atoms with Gasteiger partial charge >= 0.3 is 0 Å². The lowest BCUT2D eigenvalue weighted by Crippen LogP contribution is -2.35. The van der Waals surface area contributed by atoms with Gasteiger partial charge in [0.15, 0.2) is 0 Å². The number of hydrogen-bond donors (Lipinski definition) is 1. The van der Waals surface area contributed by atoms with Crippen molar-refractivity contribution in [2.75, 3.05) is 39.0 Å². The number of nitrogens with one attached hydrogen (secondary N) is 1. The molecule has 3 nitrogen and oxygen atoms in total. The van der Waals surface area contributed by atoms with E-state index in [1.807, 2.05) is 6.26 Å². The van der Waals surface area contributed by atoms with Crippen molar-refractivity contribution in [1.82, 2.24) is 10.2 Å². The predicted molar refractivity (Wildman–Crippen MR) is 66.7 cm³/mol. The molecule has 0 aliphatic carbocycles. The van der Waals surface area contributed by atoms with Crippen LogP contribution in [0.15, 0.2) is 0 Å². The first-order chi connectivity index (χ1) is 7.20. The molecule has 1 aliphatic heterocycles.